The van der Waals surface area contributed by atoms with E-state index in [1.165, 1.54) is 5.56 Å². The predicted molar refractivity (Wildman–Crippen MR) is 83.7 cm³/mol. The molecule has 0 aliphatic rings. The smallest absolute Gasteiger partial charge is 0.335 e. The minimum Gasteiger partial charge on any atom is -0.478 e. The molecule has 3 aromatic rings. The first-order chi connectivity index (χ1) is 10.2. The second-order valence-corrected chi connectivity index (χ2v) is 5.18. The quantitative estimate of drug-likeness (QED) is 0.767. The number of carboxylic acids is 1. The number of aryl methyl sites for hydroxylation is 2. The molecule has 21 heavy (non-hydrogen) atoms. The van der Waals surface area contributed by atoms with E-state index in [4.69, 9.17) is 5.11 Å². The number of hydrogen-bond donors (Lipinski definition) is 1. The zero-order valence-electron chi connectivity index (χ0n) is 11.7. The highest BCUT2D eigenvalue weighted by Gasteiger charge is 2.06. The second kappa shape index (κ2) is 5.83. The van der Waals surface area contributed by atoms with Crippen LogP contribution in [0.5, 0.6) is 0 Å². The first kappa shape index (κ1) is 13.4. The largest absolute Gasteiger partial charge is 0.478 e. The molecule has 3 rings (SSSR count). The van der Waals surface area contributed by atoms with E-state index < -0.39 is 5.97 Å². The Morgan fingerprint density at radius 1 is 1.05 bits per heavy atom. The standard InChI is InChI=1S/C18H17NO2/c20-18(21)16-9-8-15-10-12-19(17(15)13-16)11-4-7-14-5-2-1-3-6-14/h1-3,5-6,8-10,12-13H,4,7,11H2,(H,20,21). The van der Waals surface area contributed by atoms with E-state index in [-0.39, 0.29) is 0 Å². The molecule has 1 heterocycles. The van der Waals surface area contributed by atoms with Crippen molar-refractivity contribution in [2.45, 2.75) is 19.4 Å². The third kappa shape index (κ3) is 2.97. The number of nitrogens with zero attached hydrogens (tertiary/aromatic N) is 1. The molecule has 2 aromatic carbocycles. The SMILES string of the molecule is O=C(O)c1ccc2ccn(CCCc3ccccc3)c2c1. The monoisotopic (exact) mass is 279 g/mol. The van der Waals surface area contributed by atoms with Gasteiger partial charge < -0.3 is 9.67 Å². The summed E-state index contributed by atoms with van der Waals surface area (Å²) in [6.07, 6.45) is 4.09. The molecular formula is C18H17NO2. The van der Waals surface area contributed by atoms with Crippen molar-refractivity contribution < 1.29 is 9.90 Å². The first-order valence-corrected chi connectivity index (χ1v) is 7.10. The Labute approximate surface area is 123 Å². The highest BCUT2D eigenvalue weighted by molar-refractivity contribution is 5.93. The lowest BCUT2D eigenvalue weighted by molar-refractivity contribution is 0.0697. The molecule has 0 atom stereocenters. The maximum atomic E-state index is 11.1. The lowest BCUT2D eigenvalue weighted by Crippen LogP contribution is -2.00. The minimum atomic E-state index is -0.881. The summed E-state index contributed by atoms with van der Waals surface area (Å²) in [5.41, 5.74) is 2.66. The summed E-state index contributed by atoms with van der Waals surface area (Å²) >= 11 is 0. The number of carboxylic acid groups (broad SMARTS) is 1. The van der Waals surface area contributed by atoms with Crippen LogP contribution in [-0.2, 0) is 13.0 Å². The number of carbonyl (C=O) groups is 1. The summed E-state index contributed by atoms with van der Waals surface area (Å²) in [5.74, 6) is -0.881. The molecule has 0 aliphatic carbocycles. The molecule has 106 valence electrons. The fraction of sp³-hybridized carbons (Fsp3) is 0.167. The summed E-state index contributed by atoms with van der Waals surface area (Å²) in [7, 11) is 0. The van der Waals surface area contributed by atoms with Crippen LogP contribution in [0.1, 0.15) is 22.3 Å². The topological polar surface area (TPSA) is 42.2 Å². The van der Waals surface area contributed by atoms with Crippen LogP contribution in [0.2, 0.25) is 0 Å². The molecule has 0 amide bonds. The zero-order chi connectivity index (χ0) is 14.7. The lowest BCUT2D eigenvalue weighted by Gasteiger charge is -2.06. The van der Waals surface area contributed by atoms with Crippen molar-refractivity contribution in [2.24, 2.45) is 0 Å². The molecule has 0 aliphatic heterocycles. The molecule has 0 radical (unpaired) electrons. The number of rotatable bonds is 5. The van der Waals surface area contributed by atoms with Crippen LogP contribution in [0.25, 0.3) is 10.9 Å². The average molecular weight is 279 g/mol. The van der Waals surface area contributed by atoms with E-state index >= 15 is 0 Å². The minimum absolute atomic E-state index is 0.338. The number of aromatic nitrogens is 1. The van der Waals surface area contributed by atoms with E-state index in [1.807, 2.05) is 24.4 Å². The van der Waals surface area contributed by atoms with Gasteiger partial charge in [-0.25, -0.2) is 4.79 Å². The van der Waals surface area contributed by atoms with E-state index in [2.05, 4.69) is 28.8 Å². The molecule has 3 heteroatoms. The van der Waals surface area contributed by atoms with Crippen molar-refractivity contribution in [3.05, 3.63) is 71.9 Å². The predicted octanol–water partition coefficient (Wildman–Crippen LogP) is 3.97. The van der Waals surface area contributed by atoms with E-state index in [0.717, 1.165) is 30.3 Å². The van der Waals surface area contributed by atoms with Crippen molar-refractivity contribution in [3.8, 4) is 0 Å². The molecule has 1 aromatic heterocycles. The number of hydrogen-bond acceptors (Lipinski definition) is 1. The summed E-state index contributed by atoms with van der Waals surface area (Å²) in [5, 5.41) is 10.2. The molecule has 3 nitrogen and oxygen atoms in total. The van der Waals surface area contributed by atoms with Crippen molar-refractivity contribution in [1.29, 1.82) is 0 Å². The molecule has 0 saturated carbocycles. The molecule has 0 spiro atoms. The highest BCUT2D eigenvalue weighted by atomic mass is 16.4. The molecule has 0 fully saturated rings. The van der Waals surface area contributed by atoms with Crippen LogP contribution in [0.15, 0.2) is 60.8 Å². The highest BCUT2D eigenvalue weighted by Crippen LogP contribution is 2.18. The Bertz CT molecular complexity index is 759. The van der Waals surface area contributed by atoms with Gasteiger partial charge in [0.05, 0.1) is 5.56 Å². The normalized spacial score (nSPS) is 10.9. The maximum Gasteiger partial charge on any atom is 0.335 e. The van der Waals surface area contributed by atoms with Gasteiger partial charge in [0.15, 0.2) is 0 Å². The molecule has 0 saturated heterocycles. The first-order valence-electron chi connectivity index (χ1n) is 7.10. The molecule has 0 unspecified atom stereocenters. The van der Waals surface area contributed by atoms with Gasteiger partial charge in [0, 0.05) is 18.3 Å². The lowest BCUT2D eigenvalue weighted by atomic mass is 10.1. The van der Waals surface area contributed by atoms with Gasteiger partial charge in [-0.15, -0.1) is 0 Å². The van der Waals surface area contributed by atoms with Gasteiger partial charge in [0.1, 0.15) is 0 Å². The molecule has 1 N–H and O–H groups in total. The van der Waals surface area contributed by atoms with E-state index in [0.29, 0.717) is 5.56 Å². The van der Waals surface area contributed by atoms with Crippen molar-refractivity contribution >= 4 is 16.9 Å². The summed E-state index contributed by atoms with van der Waals surface area (Å²) < 4.78 is 2.13. The van der Waals surface area contributed by atoms with Gasteiger partial charge >= 0.3 is 5.97 Å². The van der Waals surface area contributed by atoms with Gasteiger partial charge in [-0.1, -0.05) is 36.4 Å². The Hall–Kier alpha value is -2.55. The van der Waals surface area contributed by atoms with E-state index in [1.54, 1.807) is 12.1 Å². The summed E-state index contributed by atoms with van der Waals surface area (Å²) in [4.78, 5) is 11.1. The van der Waals surface area contributed by atoms with Crippen LogP contribution >= 0.6 is 0 Å². The van der Waals surface area contributed by atoms with Crippen LogP contribution in [-0.4, -0.2) is 15.6 Å². The molecule has 0 bridgehead atoms. The third-order valence-corrected chi connectivity index (χ3v) is 3.73. The average Bonchev–Trinajstić information content (AvgIpc) is 2.91. The van der Waals surface area contributed by atoms with Gasteiger partial charge in [-0.2, -0.15) is 0 Å². The van der Waals surface area contributed by atoms with Gasteiger partial charge in [0.25, 0.3) is 0 Å². The van der Waals surface area contributed by atoms with Crippen molar-refractivity contribution in [3.63, 3.8) is 0 Å². The second-order valence-electron chi connectivity index (χ2n) is 5.18. The Morgan fingerprint density at radius 3 is 2.62 bits per heavy atom. The fourth-order valence-electron chi connectivity index (χ4n) is 2.61. The molecular weight excluding hydrogens is 262 g/mol. The Kier molecular flexibility index (Phi) is 3.73. The number of benzene rings is 2. The van der Waals surface area contributed by atoms with Gasteiger partial charge in [-0.05, 0) is 42.0 Å². The van der Waals surface area contributed by atoms with Gasteiger partial charge in [0.2, 0.25) is 0 Å². The van der Waals surface area contributed by atoms with Crippen LogP contribution in [0, 0.1) is 0 Å². The van der Waals surface area contributed by atoms with Gasteiger partial charge in [-0.3, -0.25) is 0 Å². The Morgan fingerprint density at radius 2 is 1.86 bits per heavy atom. The summed E-state index contributed by atoms with van der Waals surface area (Å²) in [6, 6.07) is 17.7. The van der Waals surface area contributed by atoms with Crippen LogP contribution in [0.4, 0.5) is 0 Å². The van der Waals surface area contributed by atoms with E-state index in [9.17, 15) is 4.79 Å². The number of fused-ring (bicyclic) bond motifs is 1. The maximum absolute atomic E-state index is 11.1. The van der Waals surface area contributed by atoms with Crippen molar-refractivity contribution in [2.75, 3.05) is 0 Å². The Balaban J connectivity index is 1.74. The zero-order valence-corrected chi connectivity index (χ0v) is 11.7. The summed E-state index contributed by atoms with van der Waals surface area (Å²) in [6.45, 7) is 0.890. The van der Waals surface area contributed by atoms with Crippen molar-refractivity contribution in [1.82, 2.24) is 4.57 Å². The number of aromatic carboxylic acids is 1. The third-order valence-electron chi connectivity index (χ3n) is 3.73. The van der Waals surface area contributed by atoms with Crippen LogP contribution in [0.3, 0.4) is 0 Å². The van der Waals surface area contributed by atoms with Crippen LogP contribution < -0.4 is 0 Å². The fourth-order valence-corrected chi connectivity index (χ4v) is 2.61.